The molecule has 0 aromatic carbocycles. The number of rotatable bonds is 6. The highest BCUT2D eigenvalue weighted by Gasteiger charge is 2.04. The van der Waals surface area contributed by atoms with Gasteiger partial charge in [0.15, 0.2) is 0 Å². The van der Waals surface area contributed by atoms with Crippen LogP contribution in [-0.4, -0.2) is 27.0 Å². The summed E-state index contributed by atoms with van der Waals surface area (Å²) < 4.78 is 1.83. The minimum absolute atomic E-state index is 0.705. The van der Waals surface area contributed by atoms with Crippen LogP contribution in [0.25, 0.3) is 0 Å². The van der Waals surface area contributed by atoms with E-state index in [1.165, 1.54) is 5.01 Å². The molecule has 0 aliphatic rings. The number of hydrogen-bond donors (Lipinski definition) is 1. The van der Waals surface area contributed by atoms with Crippen LogP contribution in [0.15, 0.2) is 11.6 Å². The SMILES string of the molecule is CCCc1nc(Cn2cc(CNC)nn2)cs1. The summed E-state index contributed by atoms with van der Waals surface area (Å²) in [6.07, 6.45) is 4.16. The van der Waals surface area contributed by atoms with Crippen LogP contribution < -0.4 is 5.32 Å². The first-order valence-corrected chi connectivity index (χ1v) is 6.66. The Balaban J connectivity index is 1.98. The van der Waals surface area contributed by atoms with Gasteiger partial charge in [0.25, 0.3) is 0 Å². The molecule has 0 amide bonds. The van der Waals surface area contributed by atoms with Gasteiger partial charge >= 0.3 is 0 Å². The van der Waals surface area contributed by atoms with Gasteiger partial charge in [-0.2, -0.15) is 0 Å². The molecule has 0 aliphatic carbocycles. The summed E-state index contributed by atoms with van der Waals surface area (Å²) in [5.41, 5.74) is 2.02. The van der Waals surface area contributed by atoms with Crippen molar-refractivity contribution in [2.45, 2.75) is 32.9 Å². The third-order valence-electron chi connectivity index (χ3n) is 2.33. The van der Waals surface area contributed by atoms with Crippen LogP contribution in [0.5, 0.6) is 0 Å². The van der Waals surface area contributed by atoms with Gasteiger partial charge in [-0.05, 0) is 19.9 Å². The van der Waals surface area contributed by atoms with Crippen LogP contribution >= 0.6 is 11.3 Å². The maximum atomic E-state index is 4.56. The first-order chi connectivity index (χ1) is 8.31. The Bertz CT molecular complexity index is 420. The Labute approximate surface area is 105 Å². The van der Waals surface area contributed by atoms with E-state index in [1.807, 2.05) is 17.9 Å². The molecule has 0 saturated carbocycles. The topological polar surface area (TPSA) is 55.6 Å². The van der Waals surface area contributed by atoms with E-state index in [2.05, 4.69) is 32.9 Å². The van der Waals surface area contributed by atoms with Crippen LogP contribution in [0.3, 0.4) is 0 Å². The fourth-order valence-electron chi connectivity index (χ4n) is 1.59. The molecule has 2 heterocycles. The number of nitrogens with one attached hydrogen (secondary N) is 1. The van der Waals surface area contributed by atoms with E-state index < -0.39 is 0 Å². The molecule has 0 saturated heterocycles. The van der Waals surface area contributed by atoms with E-state index in [4.69, 9.17) is 0 Å². The van der Waals surface area contributed by atoms with Crippen molar-refractivity contribution in [2.24, 2.45) is 0 Å². The molecule has 6 heteroatoms. The second-order valence-corrected chi connectivity index (χ2v) is 4.86. The molecular formula is C11H17N5S. The molecule has 1 N–H and O–H groups in total. The minimum atomic E-state index is 0.705. The average molecular weight is 251 g/mol. The number of aromatic nitrogens is 4. The summed E-state index contributed by atoms with van der Waals surface area (Å²) in [7, 11) is 1.90. The van der Waals surface area contributed by atoms with Gasteiger partial charge < -0.3 is 5.32 Å². The summed E-state index contributed by atoms with van der Waals surface area (Å²) in [6.45, 7) is 3.62. The van der Waals surface area contributed by atoms with Crippen molar-refractivity contribution in [1.82, 2.24) is 25.3 Å². The third-order valence-corrected chi connectivity index (χ3v) is 3.29. The number of thiazole rings is 1. The minimum Gasteiger partial charge on any atom is -0.314 e. The van der Waals surface area contributed by atoms with E-state index in [-0.39, 0.29) is 0 Å². The van der Waals surface area contributed by atoms with Crippen molar-refractivity contribution in [3.05, 3.63) is 28.0 Å². The van der Waals surface area contributed by atoms with Gasteiger partial charge in [-0.1, -0.05) is 12.1 Å². The predicted molar refractivity (Wildman–Crippen MR) is 68.0 cm³/mol. The highest BCUT2D eigenvalue weighted by molar-refractivity contribution is 7.09. The monoisotopic (exact) mass is 251 g/mol. The molecule has 92 valence electrons. The standard InChI is InChI=1S/C11H17N5S/c1-3-4-11-13-10(8-17-11)7-16-6-9(5-12-2)14-15-16/h6,8,12H,3-5,7H2,1-2H3. The summed E-state index contributed by atoms with van der Waals surface area (Å²) in [5, 5.41) is 14.5. The Morgan fingerprint density at radius 3 is 3.06 bits per heavy atom. The predicted octanol–water partition coefficient (Wildman–Crippen LogP) is 1.45. The van der Waals surface area contributed by atoms with Gasteiger partial charge in [-0.3, -0.25) is 0 Å². The lowest BCUT2D eigenvalue weighted by Gasteiger charge is -1.95. The van der Waals surface area contributed by atoms with Crippen molar-refractivity contribution in [2.75, 3.05) is 7.05 Å². The molecule has 0 radical (unpaired) electrons. The molecule has 5 nitrogen and oxygen atoms in total. The van der Waals surface area contributed by atoms with Gasteiger partial charge in [-0.25, -0.2) is 9.67 Å². The van der Waals surface area contributed by atoms with Crippen molar-refractivity contribution < 1.29 is 0 Å². The van der Waals surface area contributed by atoms with E-state index in [0.29, 0.717) is 6.54 Å². The zero-order chi connectivity index (χ0) is 12.1. The van der Waals surface area contributed by atoms with Crippen LogP contribution in [-0.2, 0) is 19.5 Å². The van der Waals surface area contributed by atoms with Gasteiger partial charge in [-0.15, -0.1) is 16.4 Å². The van der Waals surface area contributed by atoms with Gasteiger partial charge in [0.2, 0.25) is 0 Å². The molecular weight excluding hydrogens is 234 g/mol. The molecule has 0 bridgehead atoms. The maximum absolute atomic E-state index is 4.56. The van der Waals surface area contributed by atoms with E-state index in [9.17, 15) is 0 Å². The molecule has 2 rings (SSSR count). The highest BCUT2D eigenvalue weighted by atomic mass is 32.1. The fourth-order valence-corrected chi connectivity index (χ4v) is 2.49. The van der Waals surface area contributed by atoms with Crippen molar-refractivity contribution in [3.63, 3.8) is 0 Å². The van der Waals surface area contributed by atoms with E-state index >= 15 is 0 Å². The van der Waals surface area contributed by atoms with Gasteiger partial charge in [0.1, 0.15) is 0 Å². The molecule has 0 unspecified atom stereocenters. The highest BCUT2D eigenvalue weighted by Crippen LogP contribution is 2.12. The van der Waals surface area contributed by atoms with Crippen molar-refractivity contribution in [3.8, 4) is 0 Å². The average Bonchev–Trinajstić information content (AvgIpc) is 2.91. The van der Waals surface area contributed by atoms with Crippen molar-refractivity contribution >= 4 is 11.3 Å². The van der Waals surface area contributed by atoms with Crippen molar-refractivity contribution in [1.29, 1.82) is 0 Å². The Morgan fingerprint density at radius 2 is 2.29 bits per heavy atom. The van der Waals surface area contributed by atoms with E-state index in [1.54, 1.807) is 11.3 Å². The lowest BCUT2D eigenvalue weighted by atomic mass is 10.3. The summed E-state index contributed by atoms with van der Waals surface area (Å²) in [4.78, 5) is 4.56. The first kappa shape index (κ1) is 12.2. The third kappa shape index (κ3) is 3.34. The second-order valence-electron chi connectivity index (χ2n) is 3.92. The molecule has 0 atom stereocenters. The molecule has 17 heavy (non-hydrogen) atoms. The largest absolute Gasteiger partial charge is 0.314 e. The van der Waals surface area contributed by atoms with Crippen LogP contribution in [0.2, 0.25) is 0 Å². The number of nitrogens with zero attached hydrogens (tertiary/aromatic N) is 4. The molecule has 2 aromatic heterocycles. The van der Waals surface area contributed by atoms with E-state index in [0.717, 1.165) is 30.8 Å². The Kier molecular flexibility index (Phi) is 4.22. The molecule has 0 fully saturated rings. The molecule has 2 aromatic rings. The lowest BCUT2D eigenvalue weighted by molar-refractivity contribution is 0.638. The van der Waals surface area contributed by atoms with Gasteiger partial charge in [0.05, 0.1) is 29.1 Å². The second kappa shape index (κ2) is 5.88. The number of aryl methyl sites for hydroxylation is 1. The lowest BCUT2D eigenvalue weighted by Crippen LogP contribution is -2.05. The van der Waals surface area contributed by atoms with Crippen LogP contribution in [0.1, 0.15) is 29.7 Å². The Morgan fingerprint density at radius 1 is 1.41 bits per heavy atom. The maximum Gasteiger partial charge on any atom is 0.0964 e. The molecule has 0 aliphatic heterocycles. The zero-order valence-corrected chi connectivity index (χ0v) is 11.0. The Hall–Kier alpha value is -1.27. The van der Waals surface area contributed by atoms with Gasteiger partial charge in [0, 0.05) is 11.9 Å². The molecule has 0 spiro atoms. The number of hydrogen-bond acceptors (Lipinski definition) is 5. The zero-order valence-electron chi connectivity index (χ0n) is 10.2. The first-order valence-electron chi connectivity index (χ1n) is 5.78. The summed E-state index contributed by atoms with van der Waals surface area (Å²) >= 11 is 1.73. The smallest absolute Gasteiger partial charge is 0.0964 e. The van der Waals surface area contributed by atoms with Crippen LogP contribution in [0, 0.1) is 0 Å². The van der Waals surface area contributed by atoms with Crippen LogP contribution in [0.4, 0.5) is 0 Å². The summed E-state index contributed by atoms with van der Waals surface area (Å²) in [5.74, 6) is 0. The normalized spacial score (nSPS) is 10.9. The summed E-state index contributed by atoms with van der Waals surface area (Å²) in [6, 6.07) is 0. The quantitative estimate of drug-likeness (QED) is 0.844. The fraction of sp³-hybridized carbons (Fsp3) is 0.545.